The maximum atomic E-state index is 12.4. The van der Waals surface area contributed by atoms with Crippen LogP contribution in [0.25, 0.3) is 32.2 Å². The second-order valence-corrected chi connectivity index (χ2v) is 8.99. The van der Waals surface area contributed by atoms with Crippen molar-refractivity contribution >= 4 is 38.3 Å². The van der Waals surface area contributed by atoms with Crippen molar-refractivity contribution in [1.29, 1.82) is 0 Å². The Kier molecular flexibility index (Phi) is 5.56. The van der Waals surface area contributed by atoms with Crippen molar-refractivity contribution in [2.45, 2.75) is 26.9 Å². The molecule has 0 unspecified atom stereocenters. The summed E-state index contributed by atoms with van der Waals surface area (Å²) in [6.45, 7) is 4.45. The van der Waals surface area contributed by atoms with E-state index >= 15 is 0 Å². The minimum absolute atomic E-state index is 0.208. The molecule has 0 aliphatic rings. The molecule has 1 N–H and O–H groups in total. The molecule has 0 saturated carbocycles. The predicted molar refractivity (Wildman–Crippen MR) is 134 cm³/mol. The average molecular weight is 454 g/mol. The van der Waals surface area contributed by atoms with Gasteiger partial charge in [-0.1, -0.05) is 61.0 Å². The van der Waals surface area contributed by atoms with E-state index in [0.717, 1.165) is 33.2 Å². The summed E-state index contributed by atoms with van der Waals surface area (Å²) in [5, 5.41) is 13.8. The summed E-state index contributed by atoms with van der Waals surface area (Å²) < 4.78 is 7.29. The average Bonchev–Trinajstić information content (AvgIpc) is 3.27. The van der Waals surface area contributed by atoms with E-state index in [-0.39, 0.29) is 5.56 Å². The molecule has 5 aromatic rings. The van der Waals surface area contributed by atoms with Gasteiger partial charge in [0.1, 0.15) is 12.4 Å². The lowest BCUT2D eigenvalue weighted by molar-refractivity contribution is 0.0698. The molecule has 5 heteroatoms. The van der Waals surface area contributed by atoms with Crippen LogP contribution in [0, 0.1) is 6.92 Å². The first kappa shape index (κ1) is 21.2. The largest absolute Gasteiger partial charge is 0.488 e. The third kappa shape index (κ3) is 3.96. The molecule has 0 fully saturated rings. The Morgan fingerprint density at radius 2 is 1.85 bits per heavy atom. The number of pyridine rings is 1. The number of nitrogens with zero attached hydrogens (tertiary/aromatic N) is 1. The minimum Gasteiger partial charge on any atom is -0.488 e. The van der Waals surface area contributed by atoms with Gasteiger partial charge in [-0.2, -0.15) is 0 Å². The molecule has 33 heavy (non-hydrogen) atoms. The SMILES string of the molecule is CCc1ccc(OCc2ccc(C)cc2)c2c(C(=O)O)cc(-c3csc4ccccc34)nc12. The van der Waals surface area contributed by atoms with Crippen molar-refractivity contribution in [2.24, 2.45) is 0 Å². The first-order chi connectivity index (χ1) is 16.0. The number of thiophene rings is 1. The lowest BCUT2D eigenvalue weighted by atomic mass is 9.99. The molecule has 0 radical (unpaired) electrons. The molecule has 2 heterocycles. The van der Waals surface area contributed by atoms with E-state index in [1.807, 2.05) is 60.8 Å². The van der Waals surface area contributed by atoms with Gasteiger partial charge in [0.25, 0.3) is 0 Å². The Hall–Kier alpha value is -3.70. The Morgan fingerprint density at radius 3 is 2.61 bits per heavy atom. The molecule has 0 atom stereocenters. The van der Waals surface area contributed by atoms with Crippen LogP contribution in [-0.4, -0.2) is 16.1 Å². The smallest absolute Gasteiger partial charge is 0.336 e. The van der Waals surface area contributed by atoms with Gasteiger partial charge in [-0.05, 0) is 42.7 Å². The van der Waals surface area contributed by atoms with E-state index in [2.05, 4.69) is 19.1 Å². The maximum absolute atomic E-state index is 12.4. The molecule has 2 aromatic heterocycles. The second kappa shape index (κ2) is 8.68. The molecule has 5 rings (SSSR count). The predicted octanol–water partition coefficient (Wildman–Crippen LogP) is 7.26. The van der Waals surface area contributed by atoms with Crippen LogP contribution in [0.15, 0.2) is 72.1 Å². The number of aryl methyl sites for hydroxylation is 2. The van der Waals surface area contributed by atoms with Crippen LogP contribution in [0.4, 0.5) is 0 Å². The molecule has 0 saturated heterocycles. The van der Waals surface area contributed by atoms with E-state index in [9.17, 15) is 9.90 Å². The van der Waals surface area contributed by atoms with Gasteiger partial charge in [0, 0.05) is 21.0 Å². The zero-order valence-corrected chi connectivity index (χ0v) is 19.3. The van der Waals surface area contributed by atoms with Crippen molar-refractivity contribution in [3.8, 4) is 17.0 Å². The Bertz CT molecular complexity index is 1490. The summed E-state index contributed by atoms with van der Waals surface area (Å²) in [6.07, 6.45) is 0.745. The fraction of sp³-hybridized carbons (Fsp3) is 0.143. The van der Waals surface area contributed by atoms with Crippen molar-refractivity contribution in [2.75, 3.05) is 0 Å². The highest BCUT2D eigenvalue weighted by molar-refractivity contribution is 7.17. The van der Waals surface area contributed by atoms with Crippen LogP contribution < -0.4 is 4.74 Å². The zero-order chi connectivity index (χ0) is 22.9. The third-order valence-corrected chi connectivity index (χ3v) is 6.85. The van der Waals surface area contributed by atoms with Crippen LogP contribution >= 0.6 is 11.3 Å². The molecule has 0 aliphatic carbocycles. The summed E-state index contributed by atoms with van der Waals surface area (Å²) in [5.74, 6) is -0.453. The lowest BCUT2D eigenvalue weighted by Crippen LogP contribution is -2.05. The maximum Gasteiger partial charge on any atom is 0.336 e. The van der Waals surface area contributed by atoms with Gasteiger partial charge in [-0.3, -0.25) is 0 Å². The summed E-state index contributed by atoms with van der Waals surface area (Å²) in [5.41, 5.74) is 5.72. The first-order valence-corrected chi connectivity index (χ1v) is 11.8. The molecule has 0 amide bonds. The molecule has 0 spiro atoms. The van der Waals surface area contributed by atoms with E-state index < -0.39 is 5.97 Å². The molecule has 3 aromatic carbocycles. The highest BCUT2D eigenvalue weighted by atomic mass is 32.1. The number of hydrogen-bond donors (Lipinski definition) is 1. The Balaban J connectivity index is 1.67. The number of aromatic carboxylic acids is 1. The van der Waals surface area contributed by atoms with Gasteiger partial charge in [0.05, 0.1) is 22.2 Å². The van der Waals surface area contributed by atoms with Crippen molar-refractivity contribution in [3.05, 3.63) is 94.4 Å². The van der Waals surface area contributed by atoms with Crippen LogP contribution in [-0.2, 0) is 13.0 Å². The fourth-order valence-corrected chi connectivity index (χ4v) is 5.05. The number of aromatic nitrogens is 1. The lowest BCUT2D eigenvalue weighted by Gasteiger charge is -2.15. The number of carboxylic acids is 1. The first-order valence-electron chi connectivity index (χ1n) is 10.9. The highest BCUT2D eigenvalue weighted by Crippen LogP contribution is 2.38. The number of carbonyl (C=O) groups is 1. The Morgan fingerprint density at radius 1 is 1.06 bits per heavy atom. The fourth-order valence-electron chi connectivity index (χ4n) is 4.10. The molecule has 0 aliphatic heterocycles. The van der Waals surface area contributed by atoms with Crippen LogP contribution in [0.1, 0.15) is 34.0 Å². The topological polar surface area (TPSA) is 59.4 Å². The molecule has 164 valence electrons. The number of hydrogen-bond acceptors (Lipinski definition) is 4. The van der Waals surface area contributed by atoms with Crippen molar-refractivity contribution in [1.82, 2.24) is 4.98 Å². The van der Waals surface area contributed by atoms with Gasteiger partial charge in [0.15, 0.2) is 0 Å². The summed E-state index contributed by atoms with van der Waals surface area (Å²) >= 11 is 1.64. The monoisotopic (exact) mass is 453 g/mol. The van der Waals surface area contributed by atoms with Gasteiger partial charge in [-0.15, -0.1) is 11.3 Å². The van der Waals surface area contributed by atoms with Gasteiger partial charge in [0.2, 0.25) is 0 Å². The van der Waals surface area contributed by atoms with Crippen molar-refractivity contribution < 1.29 is 14.6 Å². The summed E-state index contributed by atoms with van der Waals surface area (Å²) in [7, 11) is 0. The van der Waals surface area contributed by atoms with Gasteiger partial charge in [-0.25, -0.2) is 9.78 Å². The number of fused-ring (bicyclic) bond motifs is 2. The van der Waals surface area contributed by atoms with Gasteiger partial charge >= 0.3 is 5.97 Å². The normalized spacial score (nSPS) is 11.2. The third-order valence-electron chi connectivity index (χ3n) is 5.89. The number of carboxylic acid groups (broad SMARTS) is 1. The number of ether oxygens (including phenoxy) is 1. The zero-order valence-electron chi connectivity index (χ0n) is 18.5. The number of benzene rings is 3. The quantitative estimate of drug-likeness (QED) is 0.294. The van der Waals surface area contributed by atoms with E-state index in [0.29, 0.717) is 29.0 Å². The molecule has 4 nitrogen and oxygen atoms in total. The van der Waals surface area contributed by atoms with Crippen molar-refractivity contribution in [3.63, 3.8) is 0 Å². The Labute approximate surface area is 196 Å². The molecular weight excluding hydrogens is 430 g/mol. The van der Waals surface area contributed by atoms with Crippen LogP contribution in [0.3, 0.4) is 0 Å². The van der Waals surface area contributed by atoms with E-state index in [4.69, 9.17) is 9.72 Å². The summed E-state index contributed by atoms with van der Waals surface area (Å²) in [6, 6.07) is 21.8. The molecular formula is C28H23NO3S. The summed E-state index contributed by atoms with van der Waals surface area (Å²) in [4.78, 5) is 17.4. The second-order valence-electron chi connectivity index (χ2n) is 8.08. The molecule has 0 bridgehead atoms. The van der Waals surface area contributed by atoms with Gasteiger partial charge < -0.3 is 9.84 Å². The number of rotatable bonds is 6. The van der Waals surface area contributed by atoms with E-state index in [1.165, 1.54) is 5.56 Å². The van der Waals surface area contributed by atoms with Crippen LogP contribution in [0.5, 0.6) is 5.75 Å². The standard InChI is InChI=1S/C28H23NO3S/c1-3-19-12-13-24(32-15-18-10-8-17(2)9-11-18)26-21(28(30)31)14-23(29-27(19)26)22-16-33-25-7-5-4-6-20(22)25/h4-14,16H,3,15H2,1-2H3,(H,30,31). The highest BCUT2D eigenvalue weighted by Gasteiger charge is 2.20. The van der Waals surface area contributed by atoms with Crippen LogP contribution in [0.2, 0.25) is 0 Å². The van der Waals surface area contributed by atoms with E-state index in [1.54, 1.807) is 17.4 Å². The minimum atomic E-state index is -0.989.